The summed E-state index contributed by atoms with van der Waals surface area (Å²) in [6.07, 6.45) is 2.89. The molecule has 0 spiro atoms. The van der Waals surface area contributed by atoms with E-state index in [1.54, 1.807) is 36.4 Å². The molecule has 0 fully saturated rings. The minimum absolute atomic E-state index is 0.0140. The number of benzene rings is 3. The highest BCUT2D eigenvalue weighted by Gasteiger charge is 2.14. The van der Waals surface area contributed by atoms with Crippen molar-refractivity contribution >= 4 is 29.8 Å². The van der Waals surface area contributed by atoms with Crippen molar-refractivity contribution in [2.24, 2.45) is 5.10 Å². The number of phenols is 2. The van der Waals surface area contributed by atoms with Gasteiger partial charge in [-0.1, -0.05) is 30.3 Å². The largest absolute Gasteiger partial charge is 0.504 e. The van der Waals surface area contributed by atoms with Crippen molar-refractivity contribution < 1.29 is 19.8 Å². The van der Waals surface area contributed by atoms with Crippen molar-refractivity contribution in [3.63, 3.8) is 0 Å². The minimum Gasteiger partial charge on any atom is -0.504 e. The fourth-order valence-corrected chi connectivity index (χ4v) is 3.33. The summed E-state index contributed by atoms with van der Waals surface area (Å²) < 4.78 is 0. The number of hydrogen-bond donors (Lipinski definition) is 4. The van der Waals surface area contributed by atoms with Crippen LogP contribution in [0.15, 0.2) is 83.6 Å². The third kappa shape index (κ3) is 6.94. The molecular formula is C27H28N4O4. The molecule has 3 aromatic rings. The average molecular weight is 473 g/mol. The highest BCUT2D eigenvalue weighted by atomic mass is 16.3. The Bertz CT molecular complexity index is 1220. The maximum Gasteiger partial charge on any atom is 0.287 e. The number of carbonyl (C=O) groups is 2. The van der Waals surface area contributed by atoms with Crippen LogP contribution < -0.4 is 15.6 Å². The summed E-state index contributed by atoms with van der Waals surface area (Å²) >= 11 is 0. The van der Waals surface area contributed by atoms with Crippen LogP contribution in [-0.2, 0) is 4.79 Å². The molecule has 0 bridgehead atoms. The van der Waals surface area contributed by atoms with Gasteiger partial charge in [0.2, 0.25) is 0 Å². The van der Waals surface area contributed by atoms with Gasteiger partial charge >= 0.3 is 0 Å². The number of nitrogens with one attached hydrogen (secondary N) is 2. The average Bonchev–Trinajstić information content (AvgIpc) is 2.88. The third-order valence-electron chi connectivity index (χ3n) is 5.24. The van der Waals surface area contributed by atoms with Gasteiger partial charge in [0, 0.05) is 24.3 Å². The zero-order valence-electron chi connectivity index (χ0n) is 19.6. The molecule has 3 rings (SSSR count). The molecule has 0 atom stereocenters. The van der Waals surface area contributed by atoms with E-state index in [1.165, 1.54) is 24.4 Å². The molecule has 3 aromatic carbocycles. The van der Waals surface area contributed by atoms with E-state index in [9.17, 15) is 19.8 Å². The number of hydrazone groups is 1. The monoisotopic (exact) mass is 472 g/mol. The van der Waals surface area contributed by atoms with Crippen LogP contribution in [0.3, 0.4) is 0 Å². The van der Waals surface area contributed by atoms with Crippen LogP contribution in [0.2, 0.25) is 0 Å². The van der Waals surface area contributed by atoms with E-state index in [4.69, 9.17) is 0 Å². The fourth-order valence-electron chi connectivity index (χ4n) is 3.33. The van der Waals surface area contributed by atoms with E-state index in [0.717, 1.165) is 24.3 Å². The summed E-state index contributed by atoms with van der Waals surface area (Å²) in [5.41, 5.74) is 5.06. The molecule has 4 N–H and O–H groups in total. The summed E-state index contributed by atoms with van der Waals surface area (Å²) in [4.78, 5) is 27.8. The number of phenolic OH excluding ortho intramolecular Hbond substituents is 2. The number of aromatic hydroxyl groups is 2. The molecule has 180 valence electrons. The lowest BCUT2D eigenvalue weighted by molar-refractivity contribution is -0.117. The van der Waals surface area contributed by atoms with Crippen molar-refractivity contribution in [1.82, 2.24) is 10.7 Å². The van der Waals surface area contributed by atoms with Crippen LogP contribution in [0.1, 0.15) is 35.3 Å². The van der Waals surface area contributed by atoms with Gasteiger partial charge < -0.3 is 20.4 Å². The molecule has 0 aliphatic rings. The predicted molar refractivity (Wildman–Crippen MR) is 137 cm³/mol. The van der Waals surface area contributed by atoms with E-state index in [1.807, 2.05) is 24.3 Å². The minimum atomic E-state index is -0.624. The van der Waals surface area contributed by atoms with Gasteiger partial charge in [0.1, 0.15) is 5.70 Å². The van der Waals surface area contributed by atoms with E-state index in [0.29, 0.717) is 11.1 Å². The summed E-state index contributed by atoms with van der Waals surface area (Å²) in [7, 11) is 0. The Morgan fingerprint density at radius 3 is 2.17 bits per heavy atom. The number of carbonyl (C=O) groups excluding carboxylic acids is 2. The lowest BCUT2D eigenvalue weighted by atomic mass is 10.1. The molecule has 0 saturated carbocycles. The Hall–Kier alpha value is -4.59. The summed E-state index contributed by atoms with van der Waals surface area (Å²) in [6, 6.07) is 20.4. The molecule has 2 amide bonds. The molecular weight excluding hydrogens is 444 g/mol. The topological polar surface area (TPSA) is 114 Å². The third-order valence-corrected chi connectivity index (χ3v) is 5.24. The number of hydrogen-bond acceptors (Lipinski definition) is 6. The van der Waals surface area contributed by atoms with Gasteiger partial charge in [0.15, 0.2) is 11.5 Å². The van der Waals surface area contributed by atoms with Crippen LogP contribution in [0, 0.1) is 0 Å². The van der Waals surface area contributed by atoms with Gasteiger partial charge in [0.05, 0.1) is 6.21 Å². The first kappa shape index (κ1) is 25.0. The van der Waals surface area contributed by atoms with Crippen molar-refractivity contribution in [3.8, 4) is 11.5 Å². The first-order valence-corrected chi connectivity index (χ1v) is 11.2. The van der Waals surface area contributed by atoms with Gasteiger partial charge in [-0.2, -0.15) is 5.10 Å². The van der Waals surface area contributed by atoms with Gasteiger partial charge in [-0.05, 0) is 73.5 Å². The zero-order valence-corrected chi connectivity index (χ0v) is 19.6. The van der Waals surface area contributed by atoms with Gasteiger partial charge in [-0.15, -0.1) is 0 Å². The molecule has 0 radical (unpaired) electrons. The van der Waals surface area contributed by atoms with E-state index in [2.05, 4.69) is 34.6 Å². The first-order chi connectivity index (χ1) is 16.9. The second kappa shape index (κ2) is 12.0. The normalized spacial score (nSPS) is 11.3. The Morgan fingerprint density at radius 2 is 1.54 bits per heavy atom. The predicted octanol–water partition coefficient (Wildman–Crippen LogP) is 3.87. The SMILES string of the molecule is CCN(CC)c1ccc(/C=C(/NC(=O)c2ccccc2)C(=O)NN=Cc2ccc(O)c(O)c2)cc1. The van der Waals surface area contributed by atoms with Crippen LogP contribution in [0.4, 0.5) is 5.69 Å². The van der Waals surface area contributed by atoms with Crippen molar-refractivity contribution in [3.05, 3.63) is 95.2 Å². The molecule has 0 saturated heterocycles. The molecule has 0 heterocycles. The second-order valence-corrected chi connectivity index (χ2v) is 7.59. The standard InChI is InChI=1S/C27H28N4O4/c1-3-31(4-2)22-13-10-19(11-14-22)16-23(29-26(34)21-8-6-5-7-9-21)27(35)30-28-18-20-12-15-24(32)25(33)17-20/h5-18,32-33H,3-4H2,1-2H3,(H,29,34)(H,30,35)/b23-16+,28-18?. The molecule has 0 aromatic heterocycles. The Morgan fingerprint density at radius 1 is 0.886 bits per heavy atom. The fraction of sp³-hybridized carbons (Fsp3) is 0.148. The number of amides is 2. The summed E-state index contributed by atoms with van der Waals surface area (Å²) in [6.45, 7) is 5.92. The first-order valence-electron chi connectivity index (χ1n) is 11.2. The Labute approximate surface area is 204 Å². The van der Waals surface area contributed by atoms with Crippen molar-refractivity contribution in [2.45, 2.75) is 13.8 Å². The van der Waals surface area contributed by atoms with E-state index < -0.39 is 11.8 Å². The van der Waals surface area contributed by atoms with E-state index >= 15 is 0 Å². The highest BCUT2D eigenvalue weighted by Crippen LogP contribution is 2.24. The van der Waals surface area contributed by atoms with Crippen LogP contribution >= 0.6 is 0 Å². The van der Waals surface area contributed by atoms with Gasteiger partial charge in [0.25, 0.3) is 11.8 Å². The molecule has 8 nitrogen and oxygen atoms in total. The lowest BCUT2D eigenvalue weighted by Crippen LogP contribution is -2.32. The molecule has 0 aliphatic carbocycles. The van der Waals surface area contributed by atoms with E-state index in [-0.39, 0.29) is 17.2 Å². The number of rotatable bonds is 9. The summed E-state index contributed by atoms with van der Waals surface area (Å²) in [5, 5.41) is 25.6. The number of anilines is 1. The van der Waals surface area contributed by atoms with Gasteiger partial charge in [-0.3, -0.25) is 9.59 Å². The van der Waals surface area contributed by atoms with Crippen molar-refractivity contribution in [2.75, 3.05) is 18.0 Å². The van der Waals surface area contributed by atoms with Crippen LogP contribution in [0.5, 0.6) is 11.5 Å². The van der Waals surface area contributed by atoms with Crippen molar-refractivity contribution in [1.29, 1.82) is 0 Å². The second-order valence-electron chi connectivity index (χ2n) is 7.59. The maximum atomic E-state index is 12.9. The Balaban J connectivity index is 1.82. The number of nitrogens with zero attached hydrogens (tertiary/aromatic N) is 2. The smallest absolute Gasteiger partial charge is 0.287 e. The molecule has 8 heteroatoms. The van der Waals surface area contributed by atoms with Crippen LogP contribution in [-0.4, -0.2) is 41.3 Å². The molecule has 0 aliphatic heterocycles. The molecule has 35 heavy (non-hydrogen) atoms. The van der Waals surface area contributed by atoms with Gasteiger partial charge in [-0.25, -0.2) is 5.43 Å². The summed E-state index contributed by atoms with van der Waals surface area (Å²) in [5.74, 6) is -1.61. The van der Waals surface area contributed by atoms with Crippen LogP contribution in [0.25, 0.3) is 6.08 Å². The highest BCUT2D eigenvalue weighted by molar-refractivity contribution is 6.05. The molecule has 0 unspecified atom stereocenters. The zero-order chi connectivity index (χ0) is 25.2. The lowest BCUT2D eigenvalue weighted by Gasteiger charge is -2.20. The Kier molecular flexibility index (Phi) is 8.61. The maximum absolute atomic E-state index is 12.9. The quantitative estimate of drug-likeness (QED) is 0.163.